The molecule has 3 nitrogen and oxygen atoms in total. The fraction of sp³-hybridized carbons (Fsp3) is 0.600. The minimum atomic E-state index is -1.07. The molecule has 0 aliphatic carbocycles. The van der Waals surface area contributed by atoms with Crippen LogP contribution in [0, 0.1) is 0 Å². The second kappa shape index (κ2) is 6.24. The van der Waals surface area contributed by atoms with Crippen LogP contribution in [0.4, 0.5) is 4.39 Å². The highest BCUT2D eigenvalue weighted by molar-refractivity contribution is 5.49. The van der Waals surface area contributed by atoms with Gasteiger partial charge in [-0.2, -0.15) is 0 Å². The molecule has 0 aromatic heterocycles. The molecule has 1 heterocycles. The molecule has 19 heavy (non-hydrogen) atoms. The maximum absolute atomic E-state index is 13.6. The van der Waals surface area contributed by atoms with Gasteiger partial charge in [0.15, 0.2) is 0 Å². The first kappa shape index (κ1) is 14.1. The third kappa shape index (κ3) is 3.00. The van der Waals surface area contributed by atoms with Gasteiger partial charge < -0.3 is 14.8 Å². The van der Waals surface area contributed by atoms with E-state index in [2.05, 4.69) is 5.32 Å². The fourth-order valence-electron chi connectivity index (χ4n) is 2.69. The summed E-state index contributed by atoms with van der Waals surface area (Å²) in [4.78, 5) is 0. The molecule has 1 aromatic rings. The lowest BCUT2D eigenvalue weighted by Crippen LogP contribution is -2.28. The maximum atomic E-state index is 13.6. The Balaban J connectivity index is 2.41. The molecule has 0 saturated carbocycles. The van der Waals surface area contributed by atoms with E-state index < -0.39 is 6.17 Å². The lowest BCUT2D eigenvalue weighted by Gasteiger charge is -2.26. The molecule has 0 amide bonds. The van der Waals surface area contributed by atoms with Crippen LogP contribution in [0.25, 0.3) is 0 Å². The summed E-state index contributed by atoms with van der Waals surface area (Å²) >= 11 is 0. The van der Waals surface area contributed by atoms with E-state index in [4.69, 9.17) is 9.47 Å². The minimum absolute atomic E-state index is 0.404. The zero-order valence-corrected chi connectivity index (χ0v) is 11.8. The third-order valence-electron chi connectivity index (χ3n) is 3.75. The lowest BCUT2D eigenvalue weighted by atomic mass is 9.89. The molecule has 2 unspecified atom stereocenters. The molecule has 0 bridgehead atoms. The zero-order valence-electron chi connectivity index (χ0n) is 11.8. The second-order valence-electron chi connectivity index (χ2n) is 5.00. The van der Waals surface area contributed by atoms with Gasteiger partial charge in [-0.15, -0.1) is 0 Å². The first-order valence-electron chi connectivity index (χ1n) is 6.78. The van der Waals surface area contributed by atoms with Crippen LogP contribution in [0.5, 0.6) is 11.5 Å². The quantitative estimate of drug-likeness (QED) is 0.908. The summed E-state index contributed by atoms with van der Waals surface area (Å²) in [6, 6.07) is 3.70. The summed E-state index contributed by atoms with van der Waals surface area (Å²) in [7, 11) is 3.21. The van der Waals surface area contributed by atoms with Crippen LogP contribution in [0.3, 0.4) is 0 Å². The fourth-order valence-corrected chi connectivity index (χ4v) is 2.69. The third-order valence-corrected chi connectivity index (χ3v) is 3.75. The summed E-state index contributed by atoms with van der Waals surface area (Å²) in [5, 5.41) is 3.39. The van der Waals surface area contributed by atoms with Gasteiger partial charge in [0.25, 0.3) is 0 Å². The Kier molecular flexibility index (Phi) is 4.64. The number of benzene rings is 1. The van der Waals surface area contributed by atoms with Gasteiger partial charge in [0.1, 0.15) is 17.7 Å². The second-order valence-corrected chi connectivity index (χ2v) is 5.00. The smallest absolute Gasteiger partial charge is 0.126 e. The highest BCUT2D eigenvalue weighted by Gasteiger charge is 2.22. The van der Waals surface area contributed by atoms with Crippen molar-refractivity contribution in [2.75, 3.05) is 27.3 Å². The Morgan fingerprint density at radius 3 is 2.53 bits per heavy atom. The zero-order chi connectivity index (χ0) is 13.8. The summed E-state index contributed by atoms with van der Waals surface area (Å²) in [6.45, 7) is 3.51. The van der Waals surface area contributed by atoms with E-state index in [1.54, 1.807) is 20.3 Å². The molecule has 1 aliphatic rings. The Morgan fingerprint density at radius 1 is 1.26 bits per heavy atom. The molecular weight excluding hydrogens is 245 g/mol. The van der Waals surface area contributed by atoms with Gasteiger partial charge in [-0.05, 0) is 38.4 Å². The molecule has 1 fully saturated rings. The van der Waals surface area contributed by atoms with Crippen molar-refractivity contribution in [1.82, 2.24) is 5.32 Å². The van der Waals surface area contributed by atoms with Gasteiger partial charge >= 0.3 is 0 Å². The van der Waals surface area contributed by atoms with E-state index >= 15 is 0 Å². The van der Waals surface area contributed by atoms with E-state index in [0.29, 0.717) is 17.2 Å². The molecule has 106 valence electrons. The summed E-state index contributed by atoms with van der Waals surface area (Å²) in [6.07, 6.45) is 1.21. The number of ether oxygens (including phenoxy) is 2. The molecule has 1 N–H and O–H groups in total. The monoisotopic (exact) mass is 267 g/mol. The van der Waals surface area contributed by atoms with E-state index in [9.17, 15) is 4.39 Å². The highest BCUT2D eigenvalue weighted by atomic mass is 19.1. The van der Waals surface area contributed by atoms with Crippen LogP contribution < -0.4 is 14.8 Å². The molecule has 0 spiro atoms. The van der Waals surface area contributed by atoms with Gasteiger partial charge in [-0.1, -0.05) is 0 Å². The minimum Gasteiger partial charge on any atom is -0.496 e. The van der Waals surface area contributed by atoms with E-state index in [1.165, 1.54) is 6.92 Å². The lowest BCUT2D eigenvalue weighted by molar-refractivity contribution is 0.339. The molecule has 1 aliphatic heterocycles. The number of methoxy groups -OCH3 is 2. The largest absolute Gasteiger partial charge is 0.496 e. The summed E-state index contributed by atoms with van der Waals surface area (Å²) < 4.78 is 24.4. The predicted molar refractivity (Wildman–Crippen MR) is 73.9 cm³/mol. The standard InChI is InChI=1S/C15H22FNO2/c1-10(16)12-7-15(19-3)13(8-14(12)18-2)11-5-4-6-17-9-11/h7-8,10-11,17H,4-6,9H2,1-3H3. The molecule has 2 rings (SSSR count). The van der Waals surface area contributed by atoms with Crippen LogP contribution in [-0.2, 0) is 0 Å². The van der Waals surface area contributed by atoms with Crippen LogP contribution in [0.15, 0.2) is 12.1 Å². The number of hydrogen-bond acceptors (Lipinski definition) is 3. The molecular formula is C15H22FNO2. The Bertz CT molecular complexity index is 428. The molecule has 0 radical (unpaired) electrons. The Hall–Kier alpha value is -1.29. The predicted octanol–water partition coefficient (Wildman–Crippen LogP) is 3.20. The van der Waals surface area contributed by atoms with Gasteiger partial charge in [0.2, 0.25) is 0 Å². The van der Waals surface area contributed by atoms with E-state index in [-0.39, 0.29) is 0 Å². The topological polar surface area (TPSA) is 30.5 Å². The van der Waals surface area contributed by atoms with Crippen molar-refractivity contribution in [3.05, 3.63) is 23.3 Å². The highest BCUT2D eigenvalue weighted by Crippen LogP contribution is 2.39. The number of halogens is 1. The van der Waals surface area contributed by atoms with Crippen LogP contribution in [0.1, 0.15) is 43.0 Å². The van der Waals surface area contributed by atoms with Crippen LogP contribution in [0.2, 0.25) is 0 Å². The van der Waals surface area contributed by atoms with Crippen molar-refractivity contribution < 1.29 is 13.9 Å². The number of nitrogens with one attached hydrogen (secondary N) is 1. The molecule has 1 saturated heterocycles. The number of piperidine rings is 1. The van der Waals surface area contributed by atoms with Crippen molar-refractivity contribution in [3.8, 4) is 11.5 Å². The van der Waals surface area contributed by atoms with Crippen molar-refractivity contribution in [3.63, 3.8) is 0 Å². The Morgan fingerprint density at radius 2 is 2.00 bits per heavy atom. The maximum Gasteiger partial charge on any atom is 0.126 e. The summed E-state index contributed by atoms with van der Waals surface area (Å²) in [5.41, 5.74) is 1.66. The van der Waals surface area contributed by atoms with Crippen molar-refractivity contribution in [2.24, 2.45) is 0 Å². The van der Waals surface area contributed by atoms with E-state index in [0.717, 1.165) is 37.2 Å². The van der Waals surface area contributed by atoms with Crippen molar-refractivity contribution >= 4 is 0 Å². The average molecular weight is 267 g/mol. The number of alkyl halides is 1. The van der Waals surface area contributed by atoms with Crippen LogP contribution in [-0.4, -0.2) is 27.3 Å². The van der Waals surface area contributed by atoms with Crippen molar-refractivity contribution in [2.45, 2.75) is 31.9 Å². The normalized spacial score (nSPS) is 20.9. The average Bonchev–Trinajstić information content (AvgIpc) is 2.46. The first-order chi connectivity index (χ1) is 9.17. The van der Waals surface area contributed by atoms with Crippen LogP contribution >= 0.6 is 0 Å². The SMILES string of the molecule is COc1cc(C2CCCNC2)c(OC)cc1C(C)F. The van der Waals surface area contributed by atoms with Gasteiger partial charge in [-0.25, -0.2) is 4.39 Å². The molecule has 1 aromatic carbocycles. The van der Waals surface area contributed by atoms with Gasteiger partial charge in [0, 0.05) is 23.6 Å². The van der Waals surface area contributed by atoms with Gasteiger partial charge in [0.05, 0.1) is 14.2 Å². The van der Waals surface area contributed by atoms with Crippen molar-refractivity contribution in [1.29, 1.82) is 0 Å². The molecule has 2 atom stereocenters. The Labute approximate surface area is 114 Å². The first-order valence-corrected chi connectivity index (χ1v) is 6.78. The molecule has 4 heteroatoms. The number of rotatable bonds is 4. The van der Waals surface area contributed by atoms with E-state index in [1.807, 2.05) is 6.07 Å². The number of hydrogen-bond donors (Lipinski definition) is 1. The van der Waals surface area contributed by atoms with Gasteiger partial charge in [-0.3, -0.25) is 0 Å². The summed E-state index contributed by atoms with van der Waals surface area (Å²) in [5.74, 6) is 1.77.